The van der Waals surface area contributed by atoms with Crippen LogP contribution in [0, 0.1) is 17.3 Å². The zero-order valence-corrected chi connectivity index (χ0v) is 21.5. The Balaban J connectivity index is 1.76. The molecule has 1 amide bonds. The minimum atomic E-state index is -0.665. The van der Waals surface area contributed by atoms with Gasteiger partial charge in [-0.3, -0.25) is 4.79 Å². The van der Waals surface area contributed by atoms with Crippen LogP contribution in [0.1, 0.15) is 58.1 Å². The van der Waals surface area contributed by atoms with Crippen LogP contribution in [-0.2, 0) is 14.3 Å². The van der Waals surface area contributed by atoms with Crippen molar-refractivity contribution in [3.05, 3.63) is 59.4 Å². The van der Waals surface area contributed by atoms with E-state index < -0.39 is 11.9 Å². The Bertz CT molecular complexity index is 933. The maximum absolute atomic E-state index is 13.3. The van der Waals surface area contributed by atoms with Crippen molar-refractivity contribution in [1.82, 2.24) is 15.2 Å². The third-order valence-electron chi connectivity index (χ3n) is 5.85. The molecule has 1 saturated heterocycles. The number of nitriles is 1. The number of ether oxygens (including phenoxy) is 2. The number of hydrogen-bond donors (Lipinski definition) is 1. The van der Waals surface area contributed by atoms with Crippen LogP contribution >= 0.6 is 0 Å². The van der Waals surface area contributed by atoms with Crippen LogP contribution in [0.4, 0.5) is 4.39 Å². The van der Waals surface area contributed by atoms with Crippen LogP contribution < -0.4 is 5.32 Å². The summed E-state index contributed by atoms with van der Waals surface area (Å²) >= 11 is 0. The molecule has 8 heteroatoms. The lowest BCUT2D eigenvalue weighted by molar-refractivity contribution is -0.117. The van der Waals surface area contributed by atoms with Crippen molar-refractivity contribution < 1.29 is 18.7 Å². The van der Waals surface area contributed by atoms with Crippen LogP contribution in [0.15, 0.2) is 47.8 Å². The SMILES string of the molecule is C/C=C(\C=C/CC(CCC)NC(=O)/C(C#N)=C/c1cccc(F)n1)OCCOCCN1CCCCC1. The molecule has 0 bridgehead atoms. The summed E-state index contributed by atoms with van der Waals surface area (Å²) in [5.41, 5.74) is 0.106. The molecule has 0 aliphatic carbocycles. The average molecular weight is 499 g/mol. The highest BCUT2D eigenvalue weighted by atomic mass is 19.1. The van der Waals surface area contributed by atoms with E-state index in [2.05, 4.69) is 15.2 Å². The second-order valence-electron chi connectivity index (χ2n) is 8.71. The molecule has 0 radical (unpaired) electrons. The fraction of sp³-hybridized carbons (Fsp3) is 0.536. The summed E-state index contributed by atoms with van der Waals surface area (Å²) in [6, 6.07) is 5.96. The number of piperidine rings is 1. The summed E-state index contributed by atoms with van der Waals surface area (Å²) in [7, 11) is 0. The zero-order valence-electron chi connectivity index (χ0n) is 21.5. The summed E-state index contributed by atoms with van der Waals surface area (Å²) < 4.78 is 24.8. The molecular formula is C28H39FN4O3. The number of aromatic nitrogens is 1. The summed E-state index contributed by atoms with van der Waals surface area (Å²) in [5, 5.41) is 12.3. The van der Waals surface area contributed by atoms with Crippen molar-refractivity contribution in [2.45, 2.75) is 58.4 Å². The van der Waals surface area contributed by atoms with Gasteiger partial charge in [-0.1, -0.05) is 31.9 Å². The Kier molecular flexibility index (Phi) is 14.1. The average Bonchev–Trinajstić information content (AvgIpc) is 2.88. The van der Waals surface area contributed by atoms with Crippen LogP contribution in [0.2, 0.25) is 0 Å². The van der Waals surface area contributed by atoms with Gasteiger partial charge in [-0.2, -0.15) is 9.65 Å². The molecule has 36 heavy (non-hydrogen) atoms. The van der Waals surface area contributed by atoms with Gasteiger partial charge in [0.05, 0.1) is 18.9 Å². The number of nitrogens with one attached hydrogen (secondary N) is 1. The van der Waals surface area contributed by atoms with Gasteiger partial charge in [-0.25, -0.2) is 4.98 Å². The number of carbonyl (C=O) groups excluding carboxylic acids is 1. The van der Waals surface area contributed by atoms with Crippen LogP contribution in [0.3, 0.4) is 0 Å². The molecule has 2 rings (SSSR count). The first-order chi connectivity index (χ1) is 17.5. The van der Waals surface area contributed by atoms with Crippen LogP contribution in [-0.4, -0.2) is 61.3 Å². The summed E-state index contributed by atoms with van der Waals surface area (Å²) in [6.45, 7) is 9.00. The molecule has 1 fully saturated rings. The van der Waals surface area contributed by atoms with Crippen molar-refractivity contribution in [3.63, 3.8) is 0 Å². The van der Waals surface area contributed by atoms with E-state index in [0.29, 0.717) is 19.6 Å². The Morgan fingerprint density at radius 2 is 2.08 bits per heavy atom. The Morgan fingerprint density at radius 3 is 2.78 bits per heavy atom. The van der Waals surface area contributed by atoms with E-state index in [4.69, 9.17) is 9.47 Å². The second kappa shape index (κ2) is 17.4. The topological polar surface area (TPSA) is 87.5 Å². The molecule has 1 aromatic rings. The number of pyridine rings is 1. The molecule has 1 unspecified atom stereocenters. The van der Waals surface area contributed by atoms with Gasteiger partial charge < -0.3 is 19.7 Å². The molecule has 1 aromatic heterocycles. The third-order valence-corrected chi connectivity index (χ3v) is 5.85. The number of hydrogen-bond acceptors (Lipinski definition) is 6. The summed E-state index contributed by atoms with van der Waals surface area (Å²) in [6.07, 6.45) is 13.1. The lowest BCUT2D eigenvalue weighted by Gasteiger charge is -2.26. The van der Waals surface area contributed by atoms with Crippen molar-refractivity contribution in [2.24, 2.45) is 0 Å². The van der Waals surface area contributed by atoms with Gasteiger partial charge in [-0.15, -0.1) is 0 Å². The summed E-state index contributed by atoms with van der Waals surface area (Å²) in [5.74, 6) is -0.424. The highest BCUT2D eigenvalue weighted by Gasteiger charge is 2.15. The van der Waals surface area contributed by atoms with Crippen LogP contribution in [0.5, 0.6) is 0 Å². The molecule has 1 N–H and O–H groups in total. The lowest BCUT2D eigenvalue weighted by Crippen LogP contribution is -2.35. The van der Waals surface area contributed by atoms with Gasteiger partial charge in [0.25, 0.3) is 5.91 Å². The molecule has 0 spiro atoms. The van der Waals surface area contributed by atoms with Crippen molar-refractivity contribution in [3.8, 4) is 6.07 Å². The molecule has 2 heterocycles. The third kappa shape index (κ3) is 11.6. The largest absolute Gasteiger partial charge is 0.492 e. The predicted molar refractivity (Wildman–Crippen MR) is 139 cm³/mol. The highest BCUT2D eigenvalue weighted by molar-refractivity contribution is 6.01. The van der Waals surface area contributed by atoms with E-state index >= 15 is 0 Å². The molecular weight excluding hydrogens is 459 g/mol. The minimum Gasteiger partial charge on any atom is -0.492 e. The number of carbonyl (C=O) groups is 1. The number of rotatable bonds is 15. The van der Waals surface area contributed by atoms with Crippen LogP contribution in [0.25, 0.3) is 6.08 Å². The first kappa shape index (κ1) is 29.2. The van der Waals surface area contributed by atoms with Gasteiger partial charge >= 0.3 is 0 Å². The van der Waals surface area contributed by atoms with Gasteiger partial charge in [0.2, 0.25) is 5.95 Å². The molecule has 0 saturated carbocycles. The highest BCUT2D eigenvalue weighted by Crippen LogP contribution is 2.10. The monoisotopic (exact) mass is 498 g/mol. The predicted octanol–water partition coefficient (Wildman–Crippen LogP) is 4.78. The number of amides is 1. The first-order valence-electron chi connectivity index (χ1n) is 12.9. The molecule has 7 nitrogen and oxygen atoms in total. The number of likely N-dealkylation sites (tertiary alicyclic amines) is 1. The fourth-order valence-corrected chi connectivity index (χ4v) is 3.93. The Morgan fingerprint density at radius 1 is 1.28 bits per heavy atom. The van der Waals surface area contributed by atoms with E-state index in [1.807, 2.05) is 38.1 Å². The van der Waals surface area contributed by atoms with E-state index in [9.17, 15) is 14.4 Å². The number of allylic oxidation sites excluding steroid dienone is 2. The fourth-order valence-electron chi connectivity index (χ4n) is 3.93. The van der Waals surface area contributed by atoms with E-state index in [0.717, 1.165) is 31.8 Å². The van der Waals surface area contributed by atoms with Crippen molar-refractivity contribution >= 4 is 12.0 Å². The molecule has 1 aliphatic heterocycles. The minimum absolute atomic E-state index is 0.115. The van der Waals surface area contributed by atoms with Gasteiger partial charge in [0, 0.05) is 12.6 Å². The van der Waals surface area contributed by atoms with Gasteiger partial charge in [0.15, 0.2) is 0 Å². The standard InChI is InChI=1S/C28H39FN4O3/c1-3-10-24(32-28(34)23(22-30)21-25-12-9-14-27(29)31-25)11-8-13-26(4-2)36-20-19-35-18-17-33-15-6-5-7-16-33/h4,8-9,12-14,21,24H,3,5-7,10-11,15-20H2,1-2H3,(H,32,34)/b13-8-,23-21+,26-4+. The smallest absolute Gasteiger partial charge is 0.262 e. The van der Waals surface area contributed by atoms with Gasteiger partial charge in [-0.05, 0) is 76.1 Å². The van der Waals surface area contributed by atoms with Gasteiger partial charge in [0.1, 0.15) is 24.0 Å². The Labute approximate surface area is 214 Å². The zero-order chi connectivity index (χ0) is 26.0. The number of halogens is 1. The lowest BCUT2D eigenvalue weighted by atomic mass is 10.1. The van der Waals surface area contributed by atoms with Crippen molar-refractivity contribution in [2.75, 3.05) is 39.5 Å². The maximum atomic E-state index is 13.3. The van der Waals surface area contributed by atoms with Crippen molar-refractivity contribution in [1.29, 1.82) is 5.26 Å². The Hall–Kier alpha value is -3.02. The maximum Gasteiger partial charge on any atom is 0.262 e. The second-order valence-corrected chi connectivity index (χ2v) is 8.71. The molecule has 0 aromatic carbocycles. The molecule has 1 atom stereocenters. The van der Waals surface area contributed by atoms with E-state index in [-0.39, 0.29) is 17.3 Å². The normalized spacial score (nSPS) is 16.1. The molecule has 196 valence electrons. The van der Waals surface area contributed by atoms with E-state index in [1.54, 1.807) is 6.07 Å². The summed E-state index contributed by atoms with van der Waals surface area (Å²) in [4.78, 5) is 18.8. The molecule has 1 aliphatic rings. The first-order valence-corrected chi connectivity index (χ1v) is 12.9. The van der Waals surface area contributed by atoms with E-state index in [1.165, 1.54) is 50.6 Å². The number of nitrogens with zero attached hydrogens (tertiary/aromatic N) is 3. The quantitative estimate of drug-likeness (QED) is 0.0935.